The van der Waals surface area contributed by atoms with Gasteiger partial charge >= 0.3 is 0 Å². The Hall–Kier alpha value is -2.44. The normalized spacial score (nSPS) is 14.3. The zero-order chi connectivity index (χ0) is 16.2. The largest absolute Gasteiger partial charge is 0.493 e. The van der Waals surface area contributed by atoms with Gasteiger partial charge in [-0.15, -0.1) is 10.2 Å². The van der Waals surface area contributed by atoms with Crippen LogP contribution in [-0.2, 0) is 17.8 Å². The average molecular weight is 318 g/mol. The molecule has 1 aromatic carbocycles. The zero-order valence-corrected chi connectivity index (χ0v) is 13.0. The summed E-state index contributed by atoms with van der Waals surface area (Å²) in [4.78, 5) is 12.0. The van der Waals surface area contributed by atoms with Crippen LogP contribution in [0.25, 0.3) is 0 Å². The van der Waals surface area contributed by atoms with Crippen LogP contribution in [0, 0.1) is 5.82 Å². The molecule has 1 unspecified atom stereocenters. The number of benzene rings is 1. The smallest absolute Gasteiger partial charge is 0.224 e. The zero-order valence-electron chi connectivity index (χ0n) is 13.0. The molecule has 1 atom stereocenters. The second-order valence-corrected chi connectivity index (χ2v) is 5.57. The van der Waals surface area contributed by atoms with Gasteiger partial charge in [-0.1, -0.05) is 6.07 Å². The van der Waals surface area contributed by atoms with Crippen LogP contribution in [0.5, 0.6) is 5.75 Å². The van der Waals surface area contributed by atoms with Gasteiger partial charge in [-0.25, -0.2) is 4.39 Å². The number of aryl methyl sites for hydroxylation is 1. The summed E-state index contributed by atoms with van der Waals surface area (Å²) in [6, 6.07) is 5.66. The van der Waals surface area contributed by atoms with E-state index in [4.69, 9.17) is 4.74 Å². The van der Waals surface area contributed by atoms with Gasteiger partial charge in [-0.3, -0.25) is 4.79 Å². The predicted octanol–water partition coefficient (Wildman–Crippen LogP) is 2.01. The summed E-state index contributed by atoms with van der Waals surface area (Å²) in [6.45, 7) is 2.99. The van der Waals surface area contributed by atoms with Crippen molar-refractivity contribution in [2.75, 3.05) is 6.61 Å². The third-order valence-electron chi connectivity index (χ3n) is 3.80. The van der Waals surface area contributed by atoms with Crippen molar-refractivity contribution in [2.45, 2.75) is 38.8 Å². The molecule has 122 valence electrons. The highest BCUT2D eigenvalue weighted by molar-refractivity contribution is 5.76. The molecule has 1 N–H and O–H groups in total. The number of ether oxygens (including phenoxy) is 1. The number of rotatable bonds is 6. The monoisotopic (exact) mass is 318 g/mol. The number of fused-ring (bicyclic) bond motifs is 1. The number of halogens is 1. The van der Waals surface area contributed by atoms with Gasteiger partial charge in [0, 0.05) is 19.0 Å². The Balaban J connectivity index is 1.47. The Morgan fingerprint density at radius 2 is 2.35 bits per heavy atom. The SMILES string of the molecule is CC(NC(=O)CCOc1cccc(F)c1)c1nnc2n1CCC2. The molecule has 0 radical (unpaired) electrons. The van der Waals surface area contributed by atoms with Gasteiger partial charge in [0.1, 0.15) is 17.4 Å². The standard InChI is InChI=1S/C16H19FN4O2/c1-11(16-20-19-14-6-3-8-21(14)16)18-15(22)7-9-23-13-5-2-4-12(17)10-13/h2,4-5,10-11H,3,6-9H2,1H3,(H,18,22). The molecule has 1 aliphatic rings. The first-order valence-electron chi connectivity index (χ1n) is 7.73. The number of hydrogen-bond donors (Lipinski definition) is 1. The number of aromatic nitrogens is 3. The van der Waals surface area contributed by atoms with Crippen molar-refractivity contribution in [1.82, 2.24) is 20.1 Å². The third-order valence-corrected chi connectivity index (χ3v) is 3.80. The minimum absolute atomic E-state index is 0.135. The van der Waals surface area contributed by atoms with Crippen molar-refractivity contribution in [3.8, 4) is 5.75 Å². The van der Waals surface area contributed by atoms with Gasteiger partial charge in [0.05, 0.1) is 19.1 Å². The molecule has 0 saturated heterocycles. The van der Waals surface area contributed by atoms with Crippen molar-refractivity contribution in [3.05, 3.63) is 41.7 Å². The molecule has 3 rings (SSSR count). The number of hydrogen-bond acceptors (Lipinski definition) is 4. The van der Waals surface area contributed by atoms with E-state index < -0.39 is 0 Å². The predicted molar refractivity (Wildman–Crippen MR) is 81.4 cm³/mol. The lowest BCUT2D eigenvalue weighted by atomic mass is 10.3. The van der Waals surface area contributed by atoms with Crippen molar-refractivity contribution in [1.29, 1.82) is 0 Å². The van der Waals surface area contributed by atoms with Crippen molar-refractivity contribution < 1.29 is 13.9 Å². The number of nitrogens with one attached hydrogen (secondary N) is 1. The van der Waals surface area contributed by atoms with E-state index in [2.05, 4.69) is 20.1 Å². The number of nitrogens with zero attached hydrogens (tertiary/aromatic N) is 3. The van der Waals surface area contributed by atoms with Crippen LogP contribution in [-0.4, -0.2) is 27.3 Å². The molecular weight excluding hydrogens is 299 g/mol. The van der Waals surface area contributed by atoms with Gasteiger partial charge in [0.15, 0.2) is 5.82 Å². The van der Waals surface area contributed by atoms with Crippen molar-refractivity contribution in [2.24, 2.45) is 0 Å². The van der Waals surface area contributed by atoms with Gasteiger partial charge in [-0.2, -0.15) is 0 Å². The topological polar surface area (TPSA) is 69.0 Å². The Morgan fingerprint density at radius 1 is 1.48 bits per heavy atom. The Kier molecular flexibility index (Phi) is 4.55. The number of carbonyl (C=O) groups is 1. The van der Waals surface area contributed by atoms with E-state index >= 15 is 0 Å². The highest BCUT2D eigenvalue weighted by Crippen LogP contribution is 2.19. The number of carbonyl (C=O) groups excluding carboxylic acids is 1. The maximum Gasteiger partial charge on any atom is 0.224 e. The van der Waals surface area contributed by atoms with E-state index in [0.717, 1.165) is 31.0 Å². The molecule has 2 aromatic rings. The fourth-order valence-corrected chi connectivity index (χ4v) is 2.69. The molecule has 23 heavy (non-hydrogen) atoms. The molecule has 1 aliphatic heterocycles. The van der Waals surface area contributed by atoms with Gasteiger partial charge in [-0.05, 0) is 25.5 Å². The van der Waals surface area contributed by atoms with E-state index in [1.165, 1.54) is 12.1 Å². The summed E-state index contributed by atoms with van der Waals surface area (Å²) in [6.07, 6.45) is 2.21. The fourth-order valence-electron chi connectivity index (χ4n) is 2.69. The summed E-state index contributed by atoms with van der Waals surface area (Å²) in [5, 5.41) is 11.2. The van der Waals surface area contributed by atoms with Crippen LogP contribution >= 0.6 is 0 Å². The summed E-state index contributed by atoms with van der Waals surface area (Å²) in [7, 11) is 0. The van der Waals surface area contributed by atoms with E-state index in [1.54, 1.807) is 12.1 Å². The first kappa shape index (κ1) is 15.5. The summed E-state index contributed by atoms with van der Waals surface area (Å²) in [5.74, 6) is 1.69. The molecule has 7 heteroatoms. The first-order valence-corrected chi connectivity index (χ1v) is 7.73. The lowest BCUT2D eigenvalue weighted by molar-refractivity contribution is -0.122. The highest BCUT2D eigenvalue weighted by atomic mass is 19.1. The lowest BCUT2D eigenvalue weighted by Crippen LogP contribution is -2.29. The highest BCUT2D eigenvalue weighted by Gasteiger charge is 2.22. The van der Waals surface area contributed by atoms with Gasteiger partial charge in [0.25, 0.3) is 0 Å². The molecule has 0 spiro atoms. The van der Waals surface area contributed by atoms with Crippen LogP contribution in [0.4, 0.5) is 4.39 Å². The Bertz CT molecular complexity index is 701. The fraction of sp³-hybridized carbons (Fsp3) is 0.438. The summed E-state index contributed by atoms with van der Waals surface area (Å²) < 4.78 is 20.5. The minimum atomic E-state index is -0.360. The number of amides is 1. The van der Waals surface area contributed by atoms with Crippen molar-refractivity contribution >= 4 is 5.91 Å². The van der Waals surface area contributed by atoms with Crippen LogP contribution in [0.15, 0.2) is 24.3 Å². The van der Waals surface area contributed by atoms with Crippen molar-refractivity contribution in [3.63, 3.8) is 0 Å². The molecule has 0 aliphatic carbocycles. The third kappa shape index (κ3) is 3.67. The van der Waals surface area contributed by atoms with Crippen LogP contribution in [0.1, 0.15) is 37.5 Å². The Labute approximate surface area is 133 Å². The molecule has 2 heterocycles. The van der Waals surface area contributed by atoms with Gasteiger partial charge in [0.2, 0.25) is 5.91 Å². The summed E-state index contributed by atoms with van der Waals surface area (Å²) >= 11 is 0. The molecule has 1 aromatic heterocycles. The summed E-state index contributed by atoms with van der Waals surface area (Å²) in [5.41, 5.74) is 0. The molecule has 0 fully saturated rings. The van der Waals surface area contributed by atoms with Crippen LogP contribution < -0.4 is 10.1 Å². The minimum Gasteiger partial charge on any atom is -0.493 e. The van der Waals surface area contributed by atoms with E-state index in [1.807, 2.05) is 6.92 Å². The Morgan fingerprint density at radius 3 is 3.17 bits per heavy atom. The second-order valence-electron chi connectivity index (χ2n) is 5.57. The van der Waals surface area contributed by atoms with Crippen LogP contribution in [0.3, 0.4) is 0 Å². The maximum absolute atomic E-state index is 13.0. The first-order chi connectivity index (χ1) is 11.1. The molecular formula is C16H19FN4O2. The quantitative estimate of drug-likeness (QED) is 0.884. The van der Waals surface area contributed by atoms with Crippen LogP contribution in [0.2, 0.25) is 0 Å². The molecule has 0 bridgehead atoms. The molecule has 6 nitrogen and oxygen atoms in total. The van der Waals surface area contributed by atoms with E-state index in [-0.39, 0.29) is 30.8 Å². The second kappa shape index (κ2) is 6.76. The molecule has 1 amide bonds. The maximum atomic E-state index is 13.0. The lowest BCUT2D eigenvalue weighted by Gasteiger charge is -2.14. The molecule has 0 saturated carbocycles. The van der Waals surface area contributed by atoms with Gasteiger partial charge < -0.3 is 14.6 Å². The van der Waals surface area contributed by atoms with E-state index in [0.29, 0.717) is 5.75 Å². The average Bonchev–Trinajstić information content (AvgIpc) is 3.09. The van der Waals surface area contributed by atoms with E-state index in [9.17, 15) is 9.18 Å².